The Labute approximate surface area is 170 Å². The van der Waals surface area contributed by atoms with Gasteiger partial charge in [0.05, 0.1) is 18.3 Å². The molecule has 0 aliphatic carbocycles. The van der Waals surface area contributed by atoms with Crippen LogP contribution >= 0.6 is 22.7 Å². The number of nitrogens with zero attached hydrogens (tertiary/aromatic N) is 3. The van der Waals surface area contributed by atoms with E-state index in [4.69, 9.17) is 0 Å². The monoisotopic (exact) mass is 409 g/mol. The summed E-state index contributed by atoms with van der Waals surface area (Å²) in [7, 11) is 1.75. The lowest BCUT2D eigenvalue weighted by Crippen LogP contribution is -2.33. The summed E-state index contributed by atoms with van der Waals surface area (Å²) in [6.45, 7) is 2.54. The zero-order chi connectivity index (χ0) is 19.7. The highest BCUT2D eigenvalue weighted by atomic mass is 32.1. The van der Waals surface area contributed by atoms with Crippen molar-refractivity contribution in [2.24, 2.45) is 0 Å². The Morgan fingerprint density at radius 2 is 1.96 bits per heavy atom. The lowest BCUT2D eigenvalue weighted by Gasteiger charge is -2.17. The van der Waals surface area contributed by atoms with Gasteiger partial charge in [-0.15, -0.1) is 22.7 Å². The zero-order valence-corrected chi connectivity index (χ0v) is 17.2. The van der Waals surface area contributed by atoms with Gasteiger partial charge in [-0.05, 0) is 23.9 Å². The Kier molecular flexibility index (Phi) is 5.11. The average molecular weight is 410 g/mol. The van der Waals surface area contributed by atoms with Crippen LogP contribution in [0, 0.1) is 6.92 Å². The van der Waals surface area contributed by atoms with Crippen LogP contribution in [0.2, 0.25) is 0 Å². The van der Waals surface area contributed by atoms with Crippen LogP contribution in [0.3, 0.4) is 0 Å². The Balaban J connectivity index is 1.64. The van der Waals surface area contributed by atoms with Crippen molar-refractivity contribution in [3.63, 3.8) is 0 Å². The lowest BCUT2D eigenvalue weighted by molar-refractivity contribution is -0.131. The van der Waals surface area contributed by atoms with Crippen molar-refractivity contribution in [1.82, 2.24) is 14.5 Å². The molecule has 142 valence electrons. The first-order chi connectivity index (χ1) is 13.5. The van der Waals surface area contributed by atoms with Crippen LogP contribution in [0.5, 0.6) is 0 Å². The summed E-state index contributed by atoms with van der Waals surface area (Å²) in [6.07, 6.45) is 1.47. The van der Waals surface area contributed by atoms with E-state index in [-0.39, 0.29) is 18.0 Å². The van der Waals surface area contributed by atoms with E-state index in [0.717, 1.165) is 21.6 Å². The molecule has 28 heavy (non-hydrogen) atoms. The number of carbonyl (C=O) groups excluding carboxylic acids is 1. The molecule has 0 aliphatic heterocycles. The standard InChI is InChI=1S/C21H19N3O2S2/c1-14-5-7-15(8-6-14)17-12-28-20-19(17)21(26)24(13-22-20)11-18(25)23(2)10-16-4-3-9-27-16/h3-9,12-13H,10-11H2,1-2H3. The second-order valence-electron chi connectivity index (χ2n) is 6.70. The molecule has 1 amide bonds. The van der Waals surface area contributed by atoms with Gasteiger partial charge in [0.2, 0.25) is 5.91 Å². The van der Waals surface area contributed by atoms with E-state index in [1.807, 2.05) is 54.1 Å². The van der Waals surface area contributed by atoms with E-state index < -0.39 is 0 Å². The van der Waals surface area contributed by atoms with Crippen molar-refractivity contribution >= 4 is 38.8 Å². The molecule has 0 atom stereocenters. The topological polar surface area (TPSA) is 55.2 Å². The molecule has 4 aromatic rings. The summed E-state index contributed by atoms with van der Waals surface area (Å²) in [5, 5.41) is 4.52. The van der Waals surface area contributed by atoms with Crippen LogP contribution in [-0.4, -0.2) is 27.4 Å². The fraction of sp³-hybridized carbons (Fsp3) is 0.190. The fourth-order valence-electron chi connectivity index (χ4n) is 3.02. The SMILES string of the molecule is Cc1ccc(-c2csc3ncn(CC(=O)N(C)Cc4cccs4)c(=O)c23)cc1. The van der Waals surface area contributed by atoms with Crippen LogP contribution in [0.4, 0.5) is 0 Å². The summed E-state index contributed by atoms with van der Waals surface area (Å²) in [5.74, 6) is -0.122. The maximum absolute atomic E-state index is 13.1. The van der Waals surface area contributed by atoms with Crippen molar-refractivity contribution < 1.29 is 4.79 Å². The third kappa shape index (κ3) is 3.63. The van der Waals surface area contributed by atoms with Gasteiger partial charge in [0.25, 0.3) is 5.56 Å². The molecule has 0 N–H and O–H groups in total. The van der Waals surface area contributed by atoms with E-state index >= 15 is 0 Å². The third-order valence-corrected chi connectivity index (χ3v) is 6.38. The number of benzene rings is 1. The fourth-order valence-corrected chi connectivity index (χ4v) is 4.68. The van der Waals surface area contributed by atoms with Crippen LogP contribution < -0.4 is 5.56 Å². The van der Waals surface area contributed by atoms with E-state index in [9.17, 15) is 9.59 Å². The molecule has 3 heterocycles. The molecule has 5 nitrogen and oxygen atoms in total. The number of likely N-dealkylation sites (N-methyl/N-ethyl adjacent to an activating group) is 1. The maximum atomic E-state index is 13.1. The molecule has 0 saturated carbocycles. The van der Waals surface area contributed by atoms with Gasteiger partial charge in [-0.3, -0.25) is 14.2 Å². The predicted molar refractivity (Wildman–Crippen MR) is 115 cm³/mol. The van der Waals surface area contributed by atoms with Crippen LogP contribution in [0.15, 0.2) is 58.3 Å². The van der Waals surface area contributed by atoms with E-state index in [1.54, 1.807) is 23.3 Å². The number of thiophene rings is 2. The molecular formula is C21H19N3O2S2. The molecule has 0 bridgehead atoms. The van der Waals surface area contributed by atoms with Gasteiger partial charge in [-0.2, -0.15) is 0 Å². The zero-order valence-electron chi connectivity index (χ0n) is 15.6. The largest absolute Gasteiger partial charge is 0.339 e. The van der Waals surface area contributed by atoms with Gasteiger partial charge in [0, 0.05) is 22.9 Å². The van der Waals surface area contributed by atoms with Crippen LogP contribution in [0.25, 0.3) is 21.3 Å². The molecule has 0 aliphatic rings. The number of hydrogen-bond acceptors (Lipinski definition) is 5. The number of amides is 1. The molecule has 7 heteroatoms. The second-order valence-corrected chi connectivity index (χ2v) is 8.59. The summed E-state index contributed by atoms with van der Waals surface area (Å²) < 4.78 is 1.40. The molecule has 3 aromatic heterocycles. The first-order valence-electron chi connectivity index (χ1n) is 8.83. The number of aromatic nitrogens is 2. The van der Waals surface area contributed by atoms with Gasteiger partial charge >= 0.3 is 0 Å². The van der Waals surface area contributed by atoms with Crippen molar-refractivity contribution in [3.8, 4) is 11.1 Å². The smallest absolute Gasteiger partial charge is 0.263 e. The molecule has 0 fully saturated rings. The number of rotatable bonds is 5. The van der Waals surface area contributed by atoms with Crippen molar-refractivity contribution in [2.75, 3.05) is 7.05 Å². The lowest BCUT2D eigenvalue weighted by atomic mass is 10.1. The summed E-state index contributed by atoms with van der Waals surface area (Å²) in [6, 6.07) is 12.0. The van der Waals surface area contributed by atoms with Crippen molar-refractivity contribution in [3.05, 3.63) is 74.3 Å². The van der Waals surface area contributed by atoms with Crippen LogP contribution in [-0.2, 0) is 17.9 Å². The second kappa shape index (κ2) is 7.69. The van der Waals surface area contributed by atoms with Crippen LogP contribution in [0.1, 0.15) is 10.4 Å². The first kappa shape index (κ1) is 18.6. The highest BCUT2D eigenvalue weighted by Gasteiger charge is 2.16. The summed E-state index contributed by atoms with van der Waals surface area (Å²) >= 11 is 3.05. The van der Waals surface area contributed by atoms with Gasteiger partial charge < -0.3 is 4.90 Å². The Morgan fingerprint density at radius 3 is 2.68 bits per heavy atom. The van der Waals surface area contributed by atoms with Gasteiger partial charge in [0.15, 0.2) is 0 Å². The highest BCUT2D eigenvalue weighted by Crippen LogP contribution is 2.30. The quantitative estimate of drug-likeness (QED) is 0.497. The van der Waals surface area contributed by atoms with Gasteiger partial charge in [-0.1, -0.05) is 35.9 Å². The minimum Gasteiger partial charge on any atom is -0.339 e. The summed E-state index contributed by atoms with van der Waals surface area (Å²) in [5.41, 5.74) is 2.83. The molecule has 0 saturated heterocycles. The van der Waals surface area contributed by atoms with Crippen molar-refractivity contribution in [1.29, 1.82) is 0 Å². The molecule has 0 radical (unpaired) electrons. The predicted octanol–water partition coefficient (Wildman–Crippen LogP) is 4.15. The Hall–Kier alpha value is -2.77. The van der Waals surface area contributed by atoms with Gasteiger partial charge in [0.1, 0.15) is 11.4 Å². The maximum Gasteiger partial charge on any atom is 0.263 e. The molecular weight excluding hydrogens is 390 g/mol. The number of aryl methyl sites for hydroxylation is 1. The number of fused-ring (bicyclic) bond motifs is 1. The van der Waals surface area contributed by atoms with Crippen molar-refractivity contribution in [2.45, 2.75) is 20.0 Å². The number of hydrogen-bond donors (Lipinski definition) is 0. The Morgan fingerprint density at radius 1 is 1.18 bits per heavy atom. The normalized spacial score (nSPS) is 11.1. The van der Waals surface area contributed by atoms with E-state index in [1.165, 1.54) is 22.2 Å². The first-order valence-corrected chi connectivity index (χ1v) is 10.6. The third-order valence-electron chi connectivity index (χ3n) is 4.63. The number of carbonyl (C=O) groups is 1. The summed E-state index contributed by atoms with van der Waals surface area (Å²) in [4.78, 5) is 33.5. The molecule has 4 rings (SSSR count). The minimum absolute atomic E-state index is 0.0210. The highest BCUT2D eigenvalue weighted by molar-refractivity contribution is 7.17. The molecule has 0 spiro atoms. The van der Waals surface area contributed by atoms with Gasteiger partial charge in [-0.25, -0.2) is 4.98 Å². The Bertz CT molecular complexity index is 1170. The molecule has 0 unspecified atom stereocenters. The van der Waals surface area contributed by atoms with E-state index in [2.05, 4.69) is 4.98 Å². The van der Waals surface area contributed by atoms with E-state index in [0.29, 0.717) is 16.8 Å². The molecule has 1 aromatic carbocycles. The average Bonchev–Trinajstić information content (AvgIpc) is 3.34. The minimum atomic E-state index is -0.181.